The molecule has 0 aliphatic heterocycles. The zero-order valence-electron chi connectivity index (χ0n) is 15.0. The number of aromatic nitrogens is 1. The molecule has 0 fully saturated rings. The highest BCUT2D eigenvalue weighted by molar-refractivity contribution is 9.11. The topological polar surface area (TPSA) is 71.1 Å². The molecule has 8 heteroatoms. The fourth-order valence-electron chi connectivity index (χ4n) is 2.30. The Balaban J connectivity index is 1.50. The lowest BCUT2D eigenvalue weighted by Gasteiger charge is -2.14. The first-order chi connectivity index (χ1) is 13.5. The van der Waals surface area contributed by atoms with Gasteiger partial charge in [0, 0.05) is 28.7 Å². The maximum Gasteiger partial charge on any atom is 0.262 e. The smallest absolute Gasteiger partial charge is 0.262 e. The van der Waals surface area contributed by atoms with Crippen LogP contribution in [0.2, 0.25) is 0 Å². The third kappa shape index (κ3) is 5.92. The van der Waals surface area contributed by atoms with E-state index in [1.54, 1.807) is 37.0 Å². The Morgan fingerprint density at radius 2 is 1.96 bits per heavy atom. The number of anilines is 1. The number of halogens is 1. The fourth-order valence-corrected chi connectivity index (χ4v) is 4.43. The highest BCUT2D eigenvalue weighted by Gasteiger charge is 2.17. The van der Waals surface area contributed by atoms with Gasteiger partial charge in [0.15, 0.2) is 0 Å². The molecule has 5 nitrogen and oxygen atoms in total. The minimum Gasteiger partial charge on any atom is -0.340 e. The fraction of sp³-hybridized carbons (Fsp3) is 0.150. The van der Waals surface area contributed by atoms with Gasteiger partial charge in [-0.3, -0.25) is 14.6 Å². The number of nitrogens with zero attached hydrogens (tertiary/aromatic N) is 1. The predicted molar refractivity (Wildman–Crippen MR) is 118 cm³/mol. The van der Waals surface area contributed by atoms with Gasteiger partial charge in [-0.15, -0.1) is 23.1 Å². The Kier molecular flexibility index (Phi) is 7.24. The molecule has 2 N–H and O–H groups in total. The number of pyridine rings is 1. The highest BCUT2D eigenvalue weighted by atomic mass is 79.9. The van der Waals surface area contributed by atoms with Crippen molar-refractivity contribution in [2.24, 2.45) is 0 Å². The largest absolute Gasteiger partial charge is 0.340 e. The van der Waals surface area contributed by atoms with Gasteiger partial charge < -0.3 is 10.6 Å². The van der Waals surface area contributed by atoms with Crippen LogP contribution in [0.5, 0.6) is 0 Å². The van der Waals surface area contributed by atoms with Gasteiger partial charge in [0.25, 0.3) is 5.91 Å². The number of thiophene rings is 1. The lowest BCUT2D eigenvalue weighted by Crippen LogP contribution is -2.41. The minimum absolute atomic E-state index is 0.263. The molecule has 144 valence electrons. The Morgan fingerprint density at radius 3 is 2.61 bits per heavy atom. The van der Waals surface area contributed by atoms with Gasteiger partial charge in [-0.25, -0.2) is 0 Å². The van der Waals surface area contributed by atoms with Crippen LogP contribution in [0.25, 0.3) is 0 Å². The lowest BCUT2D eigenvalue weighted by atomic mass is 10.2. The summed E-state index contributed by atoms with van der Waals surface area (Å²) in [4.78, 5) is 30.3. The van der Waals surface area contributed by atoms with Crippen LogP contribution in [0.3, 0.4) is 0 Å². The summed E-state index contributed by atoms with van der Waals surface area (Å²) in [7, 11) is 0. The molecule has 28 heavy (non-hydrogen) atoms. The van der Waals surface area contributed by atoms with Crippen molar-refractivity contribution in [3.05, 3.63) is 75.2 Å². The summed E-state index contributed by atoms with van der Waals surface area (Å²) in [6, 6.07) is 14.5. The second kappa shape index (κ2) is 9.86. The van der Waals surface area contributed by atoms with E-state index < -0.39 is 6.04 Å². The molecule has 0 aliphatic carbocycles. The molecule has 0 bridgehead atoms. The first kappa shape index (κ1) is 20.6. The van der Waals surface area contributed by atoms with Gasteiger partial charge in [-0.2, -0.15) is 0 Å². The molecule has 3 aromatic rings. The number of benzene rings is 1. The number of rotatable bonds is 7. The summed E-state index contributed by atoms with van der Waals surface area (Å²) < 4.78 is 0.872. The summed E-state index contributed by atoms with van der Waals surface area (Å²) in [6.07, 6.45) is 3.61. The quantitative estimate of drug-likeness (QED) is 0.474. The summed E-state index contributed by atoms with van der Waals surface area (Å²) >= 11 is 6.35. The van der Waals surface area contributed by atoms with Crippen molar-refractivity contribution in [3.8, 4) is 0 Å². The molecule has 0 spiro atoms. The molecule has 0 saturated heterocycles. The van der Waals surface area contributed by atoms with Gasteiger partial charge in [-0.05, 0) is 70.9 Å². The van der Waals surface area contributed by atoms with E-state index in [9.17, 15) is 9.59 Å². The zero-order valence-corrected chi connectivity index (χ0v) is 18.2. The molecule has 0 radical (unpaired) electrons. The maximum atomic E-state index is 12.3. The van der Waals surface area contributed by atoms with Gasteiger partial charge in [0.05, 0.1) is 8.66 Å². The molecule has 1 aromatic carbocycles. The first-order valence-corrected chi connectivity index (χ1v) is 11.1. The molecular formula is C20H18BrN3O2S2. The van der Waals surface area contributed by atoms with E-state index in [0.29, 0.717) is 10.6 Å². The average Bonchev–Trinajstić information content (AvgIpc) is 3.14. The number of hydrogen-bond donors (Lipinski definition) is 2. The first-order valence-electron chi connectivity index (χ1n) is 8.50. The van der Waals surface area contributed by atoms with Crippen molar-refractivity contribution in [2.75, 3.05) is 5.32 Å². The monoisotopic (exact) mass is 475 g/mol. The summed E-state index contributed by atoms with van der Waals surface area (Å²) in [5, 5.41) is 5.53. The zero-order chi connectivity index (χ0) is 19.9. The second-order valence-electron chi connectivity index (χ2n) is 5.96. The van der Waals surface area contributed by atoms with Gasteiger partial charge >= 0.3 is 0 Å². The van der Waals surface area contributed by atoms with Crippen molar-refractivity contribution in [2.45, 2.75) is 23.6 Å². The van der Waals surface area contributed by atoms with Crippen LogP contribution in [0.15, 0.2) is 69.6 Å². The van der Waals surface area contributed by atoms with E-state index in [4.69, 9.17) is 0 Å². The van der Waals surface area contributed by atoms with E-state index >= 15 is 0 Å². The highest BCUT2D eigenvalue weighted by Crippen LogP contribution is 2.24. The van der Waals surface area contributed by atoms with Crippen LogP contribution in [-0.4, -0.2) is 22.8 Å². The van der Waals surface area contributed by atoms with Crippen LogP contribution >= 0.6 is 39.0 Å². The third-order valence-electron chi connectivity index (χ3n) is 3.79. The van der Waals surface area contributed by atoms with Crippen molar-refractivity contribution < 1.29 is 9.59 Å². The summed E-state index contributed by atoms with van der Waals surface area (Å²) in [6.45, 7) is 1.66. The predicted octanol–water partition coefficient (Wildman–Crippen LogP) is 4.95. The number of carbonyl (C=O) groups excluding carboxylic acids is 2. The molecule has 1 atom stereocenters. The third-order valence-corrected chi connectivity index (χ3v) is 6.49. The minimum atomic E-state index is -0.645. The van der Waals surface area contributed by atoms with E-state index in [1.807, 2.05) is 42.6 Å². The molecule has 1 unspecified atom stereocenters. The molecule has 0 saturated carbocycles. The molecular weight excluding hydrogens is 458 g/mol. The van der Waals surface area contributed by atoms with Crippen molar-refractivity contribution in [1.29, 1.82) is 0 Å². The Morgan fingerprint density at radius 1 is 1.18 bits per heavy atom. The number of hydrogen-bond acceptors (Lipinski definition) is 5. The summed E-state index contributed by atoms with van der Waals surface area (Å²) in [5.41, 5.74) is 1.85. The molecule has 2 amide bonds. The molecule has 3 rings (SSSR count). The summed E-state index contributed by atoms with van der Waals surface area (Å²) in [5.74, 6) is 0.307. The maximum absolute atomic E-state index is 12.3. The van der Waals surface area contributed by atoms with Gasteiger partial charge in [0.2, 0.25) is 5.91 Å². The van der Waals surface area contributed by atoms with E-state index in [-0.39, 0.29) is 11.8 Å². The van der Waals surface area contributed by atoms with Crippen LogP contribution < -0.4 is 10.6 Å². The van der Waals surface area contributed by atoms with Crippen molar-refractivity contribution in [1.82, 2.24) is 10.3 Å². The number of nitrogens with one attached hydrogen (secondary N) is 2. The molecule has 2 heterocycles. The average molecular weight is 476 g/mol. The normalized spacial score (nSPS) is 11.6. The SMILES string of the molecule is CC(NC(=O)c1ccc(Br)s1)C(=O)Nc1ccc(SCc2cccnc2)cc1. The Labute approximate surface area is 180 Å². The van der Waals surface area contributed by atoms with Crippen LogP contribution in [0.1, 0.15) is 22.2 Å². The standard InChI is InChI=1S/C20H18BrN3O2S2/c1-13(23-20(26)17-8-9-18(21)28-17)19(25)24-15-4-6-16(7-5-15)27-12-14-3-2-10-22-11-14/h2-11,13H,12H2,1H3,(H,23,26)(H,24,25). The molecule has 2 aromatic heterocycles. The van der Waals surface area contributed by atoms with Crippen LogP contribution in [0, 0.1) is 0 Å². The van der Waals surface area contributed by atoms with Gasteiger partial charge in [0.1, 0.15) is 6.04 Å². The number of thioether (sulfide) groups is 1. The Bertz CT molecular complexity index is 946. The van der Waals surface area contributed by atoms with E-state index in [2.05, 4.69) is 31.5 Å². The lowest BCUT2D eigenvalue weighted by molar-refractivity contribution is -0.117. The van der Waals surface area contributed by atoms with Crippen molar-refractivity contribution in [3.63, 3.8) is 0 Å². The second-order valence-corrected chi connectivity index (χ2v) is 9.47. The number of amides is 2. The van der Waals surface area contributed by atoms with Crippen LogP contribution in [0.4, 0.5) is 5.69 Å². The van der Waals surface area contributed by atoms with Crippen molar-refractivity contribution >= 4 is 56.5 Å². The molecule has 0 aliphatic rings. The van der Waals surface area contributed by atoms with Crippen LogP contribution in [-0.2, 0) is 10.5 Å². The van der Waals surface area contributed by atoms with Gasteiger partial charge in [-0.1, -0.05) is 6.07 Å². The Hall–Kier alpha value is -2.16. The van der Waals surface area contributed by atoms with E-state index in [0.717, 1.165) is 20.0 Å². The van der Waals surface area contributed by atoms with E-state index in [1.165, 1.54) is 11.3 Å². The number of carbonyl (C=O) groups is 2.